The van der Waals surface area contributed by atoms with Crippen molar-refractivity contribution in [3.05, 3.63) is 27.0 Å². The van der Waals surface area contributed by atoms with Crippen LogP contribution < -0.4 is 10.2 Å². The minimum absolute atomic E-state index is 0.0850. The van der Waals surface area contributed by atoms with E-state index < -0.39 is 0 Å². The summed E-state index contributed by atoms with van der Waals surface area (Å²) >= 11 is 3.41. The van der Waals surface area contributed by atoms with Gasteiger partial charge in [0.15, 0.2) is 0 Å². The Labute approximate surface area is 132 Å². The second kappa shape index (κ2) is 6.27. The van der Waals surface area contributed by atoms with Gasteiger partial charge in [-0.3, -0.25) is 15.1 Å². The molecular formula is C14H19BrN4O2. The van der Waals surface area contributed by atoms with Crippen LogP contribution in [-0.2, 0) is 0 Å². The molecule has 1 aromatic rings. The van der Waals surface area contributed by atoms with Crippen molar-refractivity contribution in [2.45, 2.75) is 31.7 Å². The summed E-state index contributed by atoms with van der Waals surface area (Å²) in [5.74, 6) is 0.698. The Morgan fingerprint density at radius 1 is 1.33 bits per heavy atom. The third-order valence-electron chi connectivity index (χ3n) is 4.57. The van der Waals surface area contributed by atoms with Crippen molar-refractivity contribution in [2.75, 3.05) is 24.5 Å². The highest BCUT2D eigenvalue weighted by Gasteiger charge is 2.31. The van der Waals surface area contributed by atoms with E-state index in [0.29, 0.717) is 22.1 Å². The number of hydrogen-bond donors (Lipinski definition) is 1. The second-order valence-electron chi connectivity index (χ2n) is 5.77. The molecule has 21 heavy (non-hydrogen) atoms. The topological polar surface area (TPSA) is 71.3 Å². The summed E-state index contributed by atoms with van der Waals surface area (Å²) in [5.41, 5.74) is 0.759. The average molecular weight is 355 g/mol. The first-order valence-corrected chi connectivity index (χ1v) is 8.22. The van der Waals surface area contributed by atoms with Gasteiger partial charge >= 0.3 is 5.69 Å². The Hall–Kier alpha value is -1.21. The third kappa shape index (κ3) is 3.03. The van der Waals surface area contributed by atoms with Gasteiger partial charge in [0.05, 0.1) is 9.40 Å². The van der Waals surface area contributed by atoms with Crippen LogP contribution in [0.1, 0.15) is 25.7 Å². The number of nitrogens with one attached hydrogen (secondary N) is 1. The van der Waals surface area contributed by atoms with Crippen LogP contribution in [-0.4, -0.2) is 35.6 Å². The zero-order valence-electron chi connectivity index (χ0n) is 11.8. The molecule has 0 aliphatic carbocycles. The summed E-state index contributed by atoms with van der Waals surface area (Å²) in [6.45, 7) is 2.87. The van der Waals surface area contributed by atoms with Gasteiger partial charge in [-0.15, -0.1) is 0 Å². The van der Waals surface area contributed by atoms with Crippen molar-refractivity contribution >= 4 is 27.3 Å². The predicted octanol–water partition coefficient (Wildman–Crippen LogP) is 2.72. The van der Waals surface area contributed by atoms with Gasteiger partial charge in [-0.1, -0.05) is 0 Å². The third-order valence-corrected chi connectivity index (χ3v) is 5.15. The number of hydrogen-bond acceptors (Lipinski definition) is 5. The summed E-state index contributed by atoms with van der Waals surface area (Å²) in [7, 11) is 0. The number of nitrogens with zero attached hydrogens (tertiary/aromatic N) is 3. The Morgan fingerprint density at radius 3 is 2.71 bits per heavy atom. The summed E-state index contributed by atoms with van der Waals surface area (Å²) < 4.78 is 0.703. The number of rotatable bonds is 3. The number of halogens is 1. The number of piperidine rings is 1. The molecule has 0 aromatic carbocycles. The molecule has 7 heteroatoms. The van der Waals surface area contributed by atoms with Crippen molar-refractivity contribution in [3.8, 4) is 0 Å². The molecule has 0 spiro atoms. The smallest absolute Gasteiger partial charge is 0.311 e. The lowest BCUT2D eigenvalue weighted by atomic mass is 9.88. The Morgan fingerprint density at radius 2 is 2.10 bits per heavy atom. The molecule has 1 atom stereocenters. The molecule has 3 heterocycles. The van der Waals surface area contributed by atoms with Gasteiger partial charge in [-0.05, 0) is 54.1 Å². The second-order valence-corrected chi connectivity index (χ2v) is 6.63. The molecule has 0 amide bonds. The van der Waals surface area contributed by atoms with E-state index in [1.54, 1.807) is 6.20 Å². The zero-order valence-corrected chi connectivity index (χ0v) is 13.4. The van der Waals surface area contributed by atoms with E-state index in [-0.39, 0.29) is 10.6 Å². The number of aromatic nitrogens is 1. The molecule has 114 valence electrons. The van der Waals surface area contributed by atoms with Gasteiger partial charge in [0.1, 0.15) is 11.9 Å². The van der Waals surface area contributed by atoms with E-state index in [0.717, 1.165) is 32.5 Å². The lowest BCUT2D eigenvalue weighted by Crippen LogP contribution is -2.41. The Balaban J connectivity index is 1.73. The molecule has 1 aromatic heterocycles. The normalized spacial score (nSPS) is 23.5. The van der Waals surface area contributed by atoms with E-state index in [1.807, 2.05) is 0 Å². The van der Waals surface area contributed by atoms with Crippen LogP contribution in [0.3, 0.4) is 0 Å². The van der Waals surface area contributed by atoms with Gasteiger partial charge < -0.3 is 10.2 Å². The van der Waals surface area contributed by atoms with E-state index in [1.165, 1.54) is 19.0 Å². The fourth-order valence-corrected chi connectivity index (χ4v) is 4.08. The minimum atomic E-state index is -0.349. The molecule has 2 fully saturated rings. The molecule has 2 aliphatic rings. The molecule has 0 radical (unpaired) electrons. The molecule has 0 saturated carbocycles. The highest BCUT2D eigenvalue weighted by atomic mass is 79.9. The maximum absolute atomic E-state index is 11.2. The van der Waals surface area contributed by atoms with Gasteiger partial charge in [0.2, 0.25) is 0 Å². The first-order valence-electron chi connectivity index (χ1n) is 7.43. The number of nitro groups is 1. The number of pyridine rings is 1. The SMILES string of the molecule is O=[N+]([O-])c1cncc(Br)c1N1CCC(C2CCCN2)CC1. The predicted molar refractivity (Wildman–Crippen MR) is 84.6 cm³/mol. The average Bonchev–Trinajstić information content (AvgIpc) is 3.01. The van der Waals surface area contributed by atoms with Crippen molar-refractivity contribution < 1.29 is 4.92 Å². The summed E-state index contributed by atoms with van der Waals surface area (Å²) in [5, 5.41) is 14.8. The van der Waals surface area contributed by atoms with Crippen LogP contribution in [0.2, 0.25) is 0 Å². The van der Waals surface area contributed by atoms with E-state index in [4.69, 9.17) is 0 Å². The van der Waals surface area contributed by atoms with E-state index >= 15 is 0 Å². The zero-order chi connectivity index (χ0) is 14.8. The van der Waals surface area contributed by atoms with Crippen molar-refractivity contribution in [1.29, 1.82) is 0 Å². The maximum Gasteiger partial charge on any atom is 0.311 e. The highest BCUT2D eigenvalue weighted by molar-refractivity contribution is 9.10. The van der Waals surface area contributed by atoms with E-state index in [2.05, 4.69) is 31.1 Å². The lowest BCUT2D eigenvalue weighted by molar-refractivity contribution is -0.384. The van der Waals surface area contributed by atoms with Crippen LogP contribution >= 0.6 is 15.9 Å². The van der Waals surface area contributed by atoms with Crippen LogP contribution in [0.4, 0.5) is 11.4 Å². The van der Waals surface area contributed by atoms with Crippen molar-refractivity contribution in [3.63, 3.8) is 0 Å². The summed E-state index contributed by atoms with van der Waals surface area (Å²) in [6.07, 6.45) is 7.68. The van der Waals surface area contributed by atoms with E-state index in [9.17, 15) is 10.1 Å². The van der Waals surface area contributed by atoms with Crippen molar-refractivity contribution in [1.82, 2.24) is 10.3 Å². The molecular weight excluding hydrogens is 336 g/mol. The fourth-order valence-electron chi connectivity index (χ4n) is 3.50. The number of anilines is 1. The molecule has 1 N–H and O–H groups in total. The first-order chi connectivity index (χ1) is 10.2. The first kappa shape index (κ1) is 14.7. The van der Waals surface area contributed by atoms with Gasteiger partial charge in [0, 0.05) is 25.3 Å². The van der Waals surface area contributed by atoms with Crippen LogP contribution in [0.25, 0.3) is 0 Å². The molecule has 0 bridgehead atoms. The van der Waals surface area contributed by atoms with Gasteiger partial charge in [-0.2, -0.15) is 0 Å². The molecule has 2 saturated heterocycles. The van der Waals surface area contributed by atoms with Crippen LogP contribution in [0.5, 0.6) is 0 Å². The maximum atomic E-state index is 11.2. The van der Waals surface area contributed by atoms with Crippen LogP contribution in [0, 0.1) is 16.0 Å². The summed E-state index contributed by atoms with van der Waals surface area (Å²) in [4.78, 5) is 16.9. The van der Waals surface area contributed by atoms with Gasteiger partial charge in [-0.25, -0.2) is 0 Å². The lowest BCUT2D eigenvalue weighted by Gasteiger charge is -2.36. The Bertz CT molecular complexity index is 526. The standard InChI is InChI=1S/C14H19BrN4O2/c15-11-8-16-9-13(19(20)21)14(11)18-6-3-10(4-7-18)12-2-1-5-17-12/h8-10,12,17H,1-7H2. The minimum Gasteiger partial charge on any atom is -0.365 e. The molecule has 1 unspecified atom stereocenters. The quantitative estimate of drug-likeness (QED) is 0.667. The Kier molecular flexibility index (Phi) is 4.40. The highest BCUT2D eigenvalue weighted by Crippen LogP contribution is 2.37. The monoisotopic (exact) mass is 354 g/mol. The van der Waals surface area contributed by atoms with Gasteiger partial charge in [0.25, 0.3) is 0 Å². The van der Waals surface area contributed by atoms with Crippen LogP contribution in [0.15, 0.2) is 16.9 Å². The van der Waals surface area contributed by atoms with Crippen molar-refractivity contribution in [2.24, 2.45) is 5.92 Å². The largest absolute Gasteiger partial charge is 0.365 e. The molecule has 6 nitrogen and oxygen atoms in total. The molecule has 2 aliphatic heterocycles. The fraction of sp³-hybridized carbons (Fsp3) is 0.643. The summed E-state index contributed by atoms with van der Waals surface area (Å²) in [6, 6.07) is 0.642. The molecule has 3 rings (SSSR count).